The van der Waals surface area contributed by atoms with Crippen molar-refractivity contribution < 1.29 is 9.59 Å². The third kappa shape index (κ3) is 5.22. The van der Waals surface area contributed by atoms with E-state index in [1.54, 1.807) is 30.3 Å². The average Bonchev–Trinajstić information content (AvgIpc) is 2.57. The number of anilines is 1. The summed E-state index contributed by atoms with van der Waals surface area (Å²) >= 11 is 5.87. The number of hydrogen-bond donors (Lipinski definition) is 3. The Morgan fingerprint density at radius 1 is 1.12 bits per heavy atom. The van der Waals surface area contributed by atoms with Gasteiger partial charge in [0.2, 0.25) is 0 Å². The number of urea groups is 1. The lowest BCUT2D eigenvalue weighted by atomic mass is 10.1. The van der Waals surface area contributed by atoms with Gasteiger partial charge in [-0.1, -0.05) is 23.7 Å². The second-order valence-electron chi connectivity index (χ2n) is 5.76. The molecule has 0 spiro atoms. The molecule has 25 heavy (non-hydrogen) atoms. The predicted molar refractivity (Wildman–Crippen MR) is 101 cm³/mol. The standard InChI is InChI=1S/C19H22ClN3O2/c1-4-21-18(24)15-7-10-17(12(2)11-15)23-19(25)22-13(3)14-5-8-16(20)9-6-14/h5-11,13H,4H2,1-3H3,(H,21,24)(H2,22,23,25). The van der Waals surface area contributed by atoms with Crippen LogP contribution in [0.15, 0.2) is 42.5 Å². The fourth-order valence-electron chi connectivity index (χ4n) is 2.40. The SMILES string of the molecule is CCNC(=O)c1ccc(NC(=O)NC(C)c2ccc(Cl)cc2)c(C)c1. The van der Waals surface area contributed by atoms with Gasteiger partial charge in [0.05, 0.1) is 6.04 Å². The summed E-state index contributed by atoms with van der Waals surface area (Å²) in [6.45, 7) is 6.19. The highest BCUT2D eigenvalue weighted by Crippen LogP contribution is 2.18. The molecule has 3 N–H and O–H groups in total. The third-order valence-electron chi connectivity index (χ3n) is 3.79. The van der Waals surface area contributed by atoms with Crippen LogP contribution in [0.25, 0.3) is 0 Å². The summed E-state index contributed by atoms with van der Waals surface area (Å²) in [4.78, 5) is 24.0. The van der Waals surface area contributed by atoms with Crippen LogP contribution in [0.4, 0.5) is 10.5 Å². The number of benzene rings is 2. The molecule has 0 bridgehead atoms. The molecule has 1 unspecified atom stereocenters. The van der Waals surface area contributed by atoms with E-state index in [2.05, 4.69) is 16.0 Å². The highest BCUT2D eigenvalue weighted by molar-refractivity contribution is 6.30. The van der Waals surface area contributed by atoms with Crippen LogP contribution < -0.4 is 16.0 Å². The first kappa shape index (κ1) is 18.8. The number of carbonyl (C=O) groups is 2. The molecule has 0 aromatic heterocycles. The van der Waals surface area contributed by atoms with Crippen LogP contribution in [0.1, 0.15) is 41.4 Å². The smallest absolute Gasteiger partial charge is 0.319 e. The van der Waals surface area contributed by atoms with Crippen LogP contribution in [0.2, 0.25) is 5.02 Å². The predicted octanol–water partition coefficient (Wildman–Crippen LogP) is 4.28. The first-order valence-electron chi connectivity index (χ1n) is 8.12. The van der Waals surface area contributed by atoms with Crippen molar-refractivity contribution in [3.63, 3.8) is 0 Å². The summed E-state index contributed by atoms with van der Waals surface area (Å²) < 4.78 is 0. The lowest BCUT2D eigenvalue weighted by Gasteiger charge is -2.16. The zero-order chi connectivity index (χ0) is 18.4. The molecule has 2 aromatic rings. The molecule has 0 aliphatic carbocycles. The normalized spacial score (nSPS) is 11.5. The van der Waals surface area contributed by atoms with E-state index >= 15 is 0 Å². The van der Waals surface area contributed by atoms with Gasteiger partial charge in [-0.3, -0.25) is 4.79 Å². The van der Waals surface area contributed by atoms with Crippen LogP contribution >= 0.6 is 11.6 Å². The van der Waals surface area contributed by atoms with Crippen molar-refractivity contribution in [1.29, 1.82) is 0 Å². The maximum Gasteiger partial charge on any atom is 0.319 e. The van der Waals surface area contributed by atoms with Crippen molar-refractivity contribution in [2.45, 2.75) is 26.8 Å². The first-order valence-corrected chi connectivity index (χ1v) is 8.50. The maximum absolute atomic E-state index is 12.2. The van der Waals surface area contributed by atoms with E-state index in [1.165, 1.54) is 0 Å². The quantitative estimate of drug-likeness (QED) is 0.745. The summed E-state index contributed by atoms with van der Waals surface area (Å²) in [5, 5.41) is 9.09. The van der Waals surface area contributed by atoms with Gasteiger partial charge in [0, 0.05) is 22.8 Å². The van der Waals surface area contributed by atoms with Crippen molar-refractivity contribution in [3.05, 3.63) is 64.2 Å². The van der Waals surface area contributed by atoms with E-state index in [4.69, 9.17) is 11.6 Å². The van der Waals surface area contributed by atoms with Crippen molar-refractivity contribution in [1.82, 2.24) is 10.6 Å². The minimum absolute atomic E-state index is 0.127. The molecule has 0 aliphatic rings. The summed E-state index contributed by atoms with van der Waals surface area (Å²) in [7, 11) is 0. The summed E-state index contributed by atoms with van der Waals surface area (Å²) in [6.07, 6.45) is 0. The van der Waals surface area contributed by atoms with Gasteiger partial charge in [-0.05, 0) is 62.2 Å². The maximum atomic E-state index is 12.2. The van der Waals surface area contributed by atoms with E-state index in [-0.39, 0.29) is 18.0 Å². The van der Waals surface area contributed by atoms with Crippen molar-refractivity contribution in [2.75, 3.05) is 11.9 Å². The van der Waals surface area contributed by atoms with Gasteiger partial charge in [0.15, 0.2) is 0 Å². The van der Waals surface area contributed by atoms with Crippen LogP contribution in [0.3, 0.4) is 0 Å². The van der Waals surface area contributed by atoms with Gasteiger partial charge in [-0.15, -0.1) is 0 Å². The fraction of sp³-hybridized carbons (Fsp3) is 0.263. The van der Waals surface area contributed by atoms with Gasteiger partial charge in [0.25, 0.3) is 5.91 Å². The van der Waals surface area contributed by atoms with Crippen LogP contribution in [0.5, 0.6) is 0 Å². The number of rotatable bonds is 5. The monoisotopic (exact) mass is 359 g/mol. The minimum atomic E-state index is -0.309. The number of aryl methyl sites for hydroxylation is 1. The highest BCUT2D eigenvalue weighted by atomic mass is 35.5. The second kappa shape index (κ2) is 8.53. The lowest BCUT2D eigenvalue weighted by Crippen LogP contribution is -2.31. The van der Waals surface area contributed by atoms with Gasteiger partial charge < -0.3 is 16.0 Å². The molecule has 2 rings (SSSR count). The fourth-order valence-corrected chi connectivity index (χ4v) is 2.52. The van der Waals surface area contributed by atoms with Crippen molar-refractivity contribution in [2.24, 2.45) is 0 Å². The number of hydrogen-bond acceptors (Lipinski definition) is 2. The number of nitrogens with one attached hydrogen (secondary N) is 3. The first-order chi connectivity index (χ1) is 11.9. The molecule has 1 atom stereocenters. The molecule has 2 aromatic carbocycles. The summed E-state index contributed by atoms with van der Waals surface area (Å²) in [6, 6.07) is 12.0. The zero-order valence-electron chi connectivity index (χ0n) is 14.5. The van der Waals surface area contributed by atoms with E-state index in [0.717, 1.165) is 11.1 Å². The lowest BCUT2D eigenvalue weighted by molar-refractivity contribution is 0.0955. The molecular weight excluding hydrogens is 338 g/mol. The van der Waals surface area contributed by atoms with Crippen LogP contribution in [-0.4, -0.2) is 18.5 Å². The molecule has 0 heterocycles. The summed E-state index contributed by atoms with van der Waals surface area (Å²) in [5.74, 6) is -0.127. The largest absolute Gasteiger partial charge is 0.352 e. The number of carbonyl (C=O) groups excluding carboxylic acids is 2. The summed E-state index contributed by atoms with van der Waals surface area (Å²) in [5.41, 5.74) is 3.01. The van der Waals surface area contributed by atoms with E-state index in [0.29, 0.717) is 22.8 Å². The molecule has 132 valence electrons. The van der Waals surface area contributed by atoms with Crippen LogP contribution in [-0.2, 0) is 0 Å². The Hall–Kier alpha value is -2.53. The molecule has 0 radical (unpaired) electrons. The molecule has 0 aliphatic heterocycles. The molecule has 3 amide bonds. The molecule has 0 saturated heterocycles. The minimum Gasteiger partial charge on any atom is -0.352 e. The van der Waals surface area contributed by atoms with Gasteiger partial charge in [0.1, 0.15) is 0 Å². The molecule has 0 saturated carbocycles. The third-order valence-corrected chi connectivity index (χ3v) is 4.04. The molecule has 5 nitrogen and oxygen atoms in total. The second-order valence-corrected chi connectivity index (χ2v) is 6.20. The van der Waals surface area contributed by atoms with E-state index in [9.17, 15) is 9.59 Å². The zero-order valence-corrected chi connectivity index (χ0v) is 15.3. The highest BCUT2D eigenvalue weighted by Gasteiger charge is 2.12. The Balaban J connectivity index is 2.00. The van der Waals surface area contributed by atoms with E-state index < -0.39 is 0 Å². The van der Waals surface area contributed by atoms with Gasteiger partial charge >= 0.3 is 6.03 Å². The van der Waals surface area contributed by atoms with Gasteiger partial charge in [-0.2, -0.15) is 0 Å². The Morgan fingerprint density at radius 2 is 1.80 bits per heavy atom. The van der Waals surface area contributed by atoms with Crippen molar-refractivity contribution >= 4 is 29.2 Å². The topological polar surface area (TPSA) is 70.2 Å². The van der Waals surface area contributed by atoms with Crippen molar-refractivity contribution in [3.8, 4) is 0 Å². The number of amides is 3. The van der Waals surface area contributed by atoms with Gasteiger partial charge in [-0.25, -0.2) is 4.79 Å². The molecule has 6 heteroatoms. The molecular formula is C19H22ClN3O2. The number of halogens is 1. The Bertz CT molecular complexity index is 760. The average molecular weight is 360 g/mol. The Kier molecular flexibility index (Phi) is 6.42. The Labute approximate surface area is 152 Å². The van der Waals surface area contributed by atoms with Crippen LogP contribution in [0, 0.1) is 6.92 Å². The van der Waals surface area contributed by atoms with E-state index in [1.807, 2.05) is 32.9 Å². The molecule has 0 fully saturated rings. The Morgan fingerprint density at radius 3 is 2.40 bits per heavy atom.